The Labute approximate surface area is 134 Å². The second kappa shape index (κ2) is 12.7. The van der Waals surface area contributed by atoms with E-state index in [4.69, 9.17) is 10.5 Å². The molecule has 0 radical (unpaired) electrons. The van der Waals surface area contributed by atoms with Gasteiger partial charge < -0.3 is 15.8 Å². The molecular weight excluding hydrogens is 301 g/mol. The highest BCUT2D eigenvalue weighted by Gasteiger charge is 2.21. The Bertz CT molecular complexity index is 256. The third-order valence-electron chi connectivity index (χ3n) is 2.98. The van der Waals surface area contributed by atoms with Gasteiger partial charge in [0.2, 0.25) is 5.91 Å². The van der Waals surface area contributed by atoms with Crippen LogP contribution in [0.1, 0.15) is 26.7 Å². The second-order valence-electron chi connectivity index (χ2n) is 5.34. The topological polar surface area (TPSA) is 67.6 Å². The molecule has 1 atom stereocenters. The molecule has 122 valence electrons. The van der Waals surface area contributed by atoms with Crippen molar-refractivity contribution in [2.75, 3.05) is 39.3 Å². The van der Waals surface area contributed by atoms with Crippen molar-refractivity contribution < 1.29 is 9.53 Å². The van der Waals surface area contributed by atoms with Crippen LogP contribution in [0.4, 0.5) is 0 Å². The maximum absolute atomic E-state index is 11.5. The van der Waals surface area contributed by atoms with Crippen LogP contribution in [0, 0.1) is 5.92 Å². The molecule has 5 nitrogen and oxygen atoms in total. The van der Waals surface area contributed by atoms with Crippen LogP contribution in [0.3, 0.4) is 0 Å². The van der Waals surface area contributed by atoms with Gasteiger partial charge in [0, 0.05) is 32.6 Å². The molecule has 20 heavy (non-hydrogen) atoms. The third-order valence-corrected chi connectivity index (χ3v) is 2.98. The minimum absolute atomic E-state index is 0. The molecule has 1 aliphatic heterocycles. The van der Waals surface area contributed by atoms with Crippen LogP contribution in [0.25, 0.3) is 0 Å². The molecule has 3 N–H and O–H groups in total. The molecule has 1 saturated heterocycles. The molecule has 7 heteroatoms. The van der Waals surface area contributed by atoms with E-state index in [2.05, 4.69) is 24.1 Å². The Morgan fingerprint density at radius 2 is 2.15 bits per heavy atom. The van der Waals surface area contributed by atoms with E-state index >= 15 is 0 Å². The first-order chi connectivity index (χ1) is 8.61. The summed E-state index contributed by atoms with van der Waals surface area (Å²) in [6, 6.07) is 0. The molecule has 1 heterocycles. The van der Waals surface area contributed by atoms with Gasteiger partial charge >= 0.3 is 0 Å². The summed E-state index contributed by atoms with van der Waals surface area (Å²) in [5, 5.41) is 2.91. The van der Waals surface area contributed by atoms with E-state index in [-0.39, 0.29) is 36.8 Å². The predicted molar refractivity (Wildman–Crippen MR) is 86.8 cm³/mol. The van der Waals surface area contributed by atoms with Gasteiger partial charge in [-0.3, -0.25) is 9.69 Å². The average Bonchev–Trinajstić information content (AvgIpc) is 2.33. The smallest absolute Gasteiger partial charge is 0.220 e. The van der Waals surface area contributed by atoms with Crippen LogP contribution in [0.5, 0.6) is 0 Å². The van der Waals surface area contributed by atoms with E-state index in [0.29, 0.717) is 25.4 Å². The van der Waals surface area contributed by atoms with Crippen molar-refractivity contribution in [1.82, 2.24) is 10.2 Å². The first-order valence-corrected chi connectivity index (χ1v) is 6.92. The molecule has 0 aromatic carbocycles. The quantitative estimate of drug-likeness (QED) is 0.732. The van der Waals surface area contributed by atoms with Gasteiger partial charge in [-0.05, 0) is 18.9 Å². The lowest BCUT2D eigenvalue weighted by molar-refractivity contribution is -0.122. The van der Waals surface area contributed by atoms with Crippen molar-refractivity contribution in [3.8, 4) is 0 Å². The largest absolute Gasteiger partial charge is 0.374 e. The molecule has 1 fully saturated rings. The number of morpholine rings is 1. The fourth-order valence-corrected chi connectivity index (χ4v) is 2.16. The summed E-state index contributed by atoms with van der Waals surface area (Å²) in [7, 11) is 0. The number of amides is 1. The van der Waals surface area contributed by atoms with Crippen LogP contribution in [0.2, 0.25) is 0 Å². The van der Waals surface area contributed by atoms with E-state index in [1.54, 1.807) is 0 Å². The summed E-state index contributed by atoms with van der Waals surface area (Å²) in [6.07, 6.45) is 1.38. The number of carbonyl (C=O) groups excluding carboxylic acids is 1. The van der Waals surface area contributed by atoms with Crippen molar-refractivity contribution in [1.29, 1.82) is 0 Å². The monoisotopic (exact) mass is 329 g/mol. The zero-order chi connectivity index (χ0) is 13.4. The fourth-order valence-electron chi connectivity index (χ4n) is 2.16. The SMILES string of the molecule is CC(C)CN1CCOC(CNC(=O)CCCN)C1.Cl.Cl. The first-order valence-electron chi connectivity index (χ1n) is 6.92. The van der Waals surface area contributed by atoms with E-state index < -0.39 is 0 Å². The van der Waals surface area contributed by atoms with E-state index in [9.17, 15) is 4.79 Å². The molecule has 0 spiro atoms. The van der Waals surface area contributed by atoms with Gasteiger partial charge in [0.05, 0.1) is 12.7 Å². The predicted octanol–water partition coefficient (Wildman–Crippen LogP) is 1.04. The van der Waals surface area contributed by atoms with Gasteiger partial charge in [-0.1, -0.05) is 13.8 Å². The standard InChI is InChI=1S/C13H27N3O2.2ClH/c1-11(2)9-16-6-7-18-12(10-16)8-15-13(17)4-3-5-14;;/h11-12H,3-10,14H2,1-2H3,(H,15,17);2*1H. The fraction of sp³-hybridized carbons (Fsp3) is 0.923. The molecule has 1 rings (SSSR count). The van der Waals surface area contributed by atoms with Gasteiger partial charge in [0.1, 0.15) is 0 Å². The summed E-state index contributed by atoms with van der Waals surface area (Å²) >= 11 is 0. The number of hydrogen-bond acceptors (Lipinski definition) is 4. The minimum Gasteiger partial charge on any atom is -0.374 e. The summed E-state index contributed by atoms with van der Waals surface area (Å²) in [6.45, 7) is 9.38. The molecule has 0 bridgehead atoms. The van der Waals surface area contributed by atoms with E-state index in [0.717, 1.165) is 32.7 Å². The van der Waals surface area contributed by atoms with Crippen LogP contribution in [-0.2, 0) is 9.53 Å². The van der Waals surface area contributed by atoms with Gasteiger partial charge in [-0.15, -0.1) is 24.8 Å². The van der Waals surface area contributed by atoms with E-state index in [1.165, 1.54) is 0 Å². The Morgan fingerprint density at radius 3 is 2.75 bits per heavy atom. The number of nitrogens with zero attached hydrogens (tertiary/aromatic N) is 1. The average molecular weight is 330 g/mol. The molecule has 0 aliphatic carbocycles. The Kier molecular flexibility index (Phi) is 14.1. The summed E-state index contributed by atoms with van der Waals surface area (Å²) in [5.41, 5.74) is 5.37. The number of carbonyl (C=O) groups is 1. The Hall–Kier alpha value is -0.0700. The first kappa shape index (κ1) is 22.2. The number of hydrogen-bond donors (Lipinski definition) is 2. The summed E-state index contributed by atoms with van der Waals surface area (Å²) < 4.78 is 5.66. The lowest BCUT2D eigenvalue weighted by atomic mass is 10.2. The Balaban J connectivity index is 0. The zero-order valence-corrected chi connectivity index (χ0v) is 14.1. The lowest BCUT2D eigenvalue weighted by Crippen LogP contribution is -2.48. The number of nitrogens with one attached hydrogen (secondary N) is 1. The highest BCUT2D eigenvalue weighted by Crippen LogP contribution is 2.07. The van der Waals surface area contributed by atoms with Crippen molar-refractivity contribution >= 4 is 30.7 Å². The van der Waals surface area contributed by atoms with Gasteiger partial charge in [-0.25, -0.2) is 0 Å². The molecule has 0 aromatic rings. The van der Waals surface area contributed by atoms with Gasteiger partial charge in [0.15, 0.2) is 0 Å². The van der Waals surface area contributed by atoms with Gasteiger partial charge in [-0.2, -0.15) is 0 Å². The number of nitrogens with two attached hydrogens (primary N) is 1. The van der Waals surface area contributed by atoms with Crippen molar-refractivity contribution in [2.24, 2.45) is 11.7 Å². The maximum atomic E-state index is 11.5. The Morgan fingerprint density at radius 1 is 1.45 bits per heavy atom. The summed E-state index contributed by atoms with van der Waals surface area (Å²) in [5.74, 6) is 0.743. The third kappa shape index (κ3) is 9.77. The molecular formula is C13H29Cl2N3O2. The van der Waals surface area contributed by atoms with Crippen LogP contribution < -0.4 is 11.1 Å². The number of halogens is 2. The lowest BCUT2D eigenvalue weighted by Gasteiger charge is -2.33. The number of rotatable bonds is 7. The van der Waals surface area contributed by atoms with Crippen molar-refractivity contribution in [2.45, 2.75) is 32.8 Å². The molecule has 0 aromatic heterocycles. The van der Waals surface area contributed by atoms with Gasteiger partial charge in [0.25, 0.3) is 0 Å². The normalized spacial score (nSPS) is 19.1. The molecule has 1 aliphatic rings. The minimum atomic E-state index is 0. The van der Waals surface area contributed by atoms with Crippen LogP contribution in [0.15, 0.2) is 0 Å². The molecule has 0 saturated carbocycles. The van der Waals surface area contributed by atoms with E-state index in [1.807, 2.05) is 0 Å². The zero-order valence-electron chi connectivity index (χ0n) is 12.5. The van der Waals surface area contributed by atoms with Crippen LogP contribution >= 0.6 is 24.8 Å². The van der Waals surface area contributed by atoms with Crippen molar-refractivity contribution in [3.05, 3.63) is 0 Å². The van der Waals surface area contributed by atoms with Crippen molar-refractivity contribution in [3.63, 3.8) is 0 Å². The highest BCUT2D eigenvalue weighted by atomic mass is 35.5. The molecule has 1 unspecified atom stereocenters. The maximum Gasteiger partial charge on any atom is 0.220 e. The van der Waals surface area contributed by atoms with Crippen LogP contribution in [-0.4, -0.2) is 56.2 Å². The summed E-state index contributed by atoms with van der Waals surface area (Å²) in [4.78, 5) is 13.9. The highest BCUT2D eigenvalue weighted by molar-refractivity contribution is 5.85. The second-order valence-corrected chi connectivity index (χ2v) is 5.34. The number of ether oxygens (including phenoxy) is 1. The molecule has 1 amide bonds.